The van der Waals surface area contributed by atoms with Crippen molar-refractivity contribution in [1.82, 2.24) is 10.3 Å². The highest BCUT2D eigenvalue weighted by atomic mass is 79.9. The van der Waals surface area contributed by atoms with E-state index in [2.05, 4.69) is 63.6 Å². The number of fused-ring (bicyclic) bond motifs is 1. The number of nitrogens with zero attached hydrogens (tertiary/aromatic N) is 1. The Bertz CT molecular complexity index is 597. The van der Waals surface area contributed by atoms with Crippen molar-refractivity contribution < 1.29 is 0 Å². The Morgan fingerprint density at radius 1 is 1.30 bits per heavy atom. The first-order valence-corrected chi connectivity index (χ1v) is 7.91. The molecule has 2 atom stereocenters. The lowest BCUT2D eigenvalue weighted by molar-refractivity contribution is 0.334. The SMILES string of the molecule is CNC1c2ccccc2CCC1Cc1cncc(Br)c1. The number of hydrogen-bond donors (Lipinski definition) is 1. The summed E-state index contributed by atoms with van der Waals surface area (Å²) in [7, 11) is 2.07. The second-order valence-electron chi connectivity index (χ2n) is 5.48. The summed E-state index contributed by atoms with van der Waals surface area (Å²) in [5.74, 6) is 0.631. The van der Waals surface area contributed by atoms with E-state index in [4.69, 9.17) is 0 Å². The van der Waals surface area contributed by atoms with E-state index < -0.39 is 0 Å². The van der Waals surface area contributed by atoms with Gasteiger partial charge >= 0.3 is 0 Å². The van der Waals surface area contributed by atoms with E-state index in [0.717, 1.165) is 10.9 Å². The lowest BCUT2D eigenvalue weighted by Gasteiger charge is -2.33. The van der Waals surface area contributed by atoms with Gasteiger partial charge in [-0.15, -0.1) is 0 Å². The number of halogens is 1. The van der Waals surface area contributed by atoms with Crippen LogP contribution in [0.5, 0.6) is 0 Å². The zero-order valence-corrected chi connectivity index (χ0v) is 13.2. The zero-order chi connectivity index (χ0) is 13.9. The van der Waals surface area contributed by atoms with E-state index >= 15 is 0 Å². The predicted molar refractivity (Wildman–Crippen MR) is 85.7 cm³/mol. The highest BCUT2D eigenvalue weighted by Crippen LogP contribution is 2.36. The van der Waals surface area contributed by atoms with Crippen LogP contribution in [0.4, 0.5) is 0 Å². The topological polar surface area (TPSA) is 24.9 Å². The summed E-state index contributed by atoms with van der Waals surface area (Å²) < 4.78 is 1.06. The number of nitrogens with one attached hydrogen (secondary N) is 1. The van der Waals surface area contributed by atoms with Crippen molar-refractivity contribution in [1.29, 1.82) is 0 Å². The third-order valence-electron chi connectivity index (χ3n) is 4.22. The molecule has 0 fully saturated rings. The quantitative estimate of drug-likeness (QED) is 0.922. The monoisotopic (exact) mass is 330 g/mol. The second-order valence-corrected chi connectivity index (χ2v) is 6.40. The van der Waals surface area contributed by atoms with E-state index in [0.29, 0.717) is 12.0 Å². The summed E-state index contributed by atoms with van der Waals surface area (Å²) >= 11 is 3.51. The Hall–Kier alpha value is -1.19. The average Bonchev–Trinajstić information content (AvgIpc) is 2.47. The molecule has 1 aliphatic carbocycles. The first-order chi connectivity index (χ1) is 9.78. The zero-order valence-electron chi connectivity index (χ0n) is 11.6. The fraction of sp³-hybridized carbons (Fsp3) is 0.353. The van der Waals surface area contributed by atoms with Gasteiger partial charge in [0.25, 0.3) is 0 Å². The highest BCUT2D eigenvalue weighted by Gasteiger charge is 2.28. The lowest BCUT2D eigenvalue weighted by Crippen LogP contribution is -2.31. The van der Waals surface area contributed by atoms with E-state index in [1.807, 2.05) is 12.4 Å². The molecule has 3 heteroatoms. The first kappa shape index (κ1) is 13.8. The maximum absolute atomic E-state index is 4.28. The molecule has 1 aliphatic rings. The summed E-state index contributed by atoms with van der Waals surface area (Å²) in [6, 6.07) is 11.4. The molecule has 1 N–H and O–H groups in total. The van der Waals surface area contributed by atoms with Gasteiger partial charge in [-0.3, -0.25) is 4.98 Å². The molecule has 0 saturated heterocycles. The maximum Gasteiger partial charge on any atom is 0.0410 e. The molecule has 1 aromatic carbocycles. The predicted octanol–water partition coefficient (Wildman–Crippen LogP) is 3.91. The molecule has 0 spiro atoms. The molecule has 3 rings (SSSR count). The lowest BCUT2D eigenvalue weighted by atomic mass is 9.77. The van der Waals surface area contributed by atoms with Crippen molar-refractivity contribution in [3.05, 3.63) is 63.9 Å². The van der Waals surface area contributed by atoms with Crippen molar-refractivity contribution in [3.8, 4) is 0 Å². The minimum absolute atomic E-state index is 0.443. The summed E-state index contributed by atoms with van der Waals surface area (Å²) in [6.07, 6.45) is 7.31. The van der Waals surface area contributed by atoms with Crippen LogP contribution in [0.1, 0.15) is 29.2 Å². The Labute approximate surface area is 128 Å². The van der Waals surface area contributed by atoms with Gasteiger partial charge in [-0.1, -0.05) is 24.3 Å². The number of benzene rings is 1. The molecule has 0 radical (unpaired) electrons. The van der Waals surface area contributed by atoms with Gasteiger partial charge in [-0.25, -0.2) is 0 Å². The smallest absolute Gasteiger partial charge is 0.0410 e. The third-order valence-corrected chi connectivity index (χ3v) is 4.65. The third kappa shape index (κ3) is 2.79. The normalized spacial score (nSPS) is 21.5. The number of rotatable bonds is 3. The summed E-state index contributed by atoms with van der Waals surface area (Å²) in [5, 5.41) is 3.51. The van der Waals surface area contributed by atoms with Gasteiger partial charge in [-0.2, -0.15) is 0 Å². The van der Waals surface area contributed by atoms with Gasteiger partial charge in [0.2, 0.25) is 0 Å². The van der Waals surface area contributed by atoms with Crippen LogP contribution in [-0.4, -0.2) is 12.0 Å². The Morgan fingerprint density at radius 3 is 2.95 bits per heavy atom. The van der Waals surface area contributed by atoms with E-state index in [1.54, 1.807) is 0 Å². The van der Waals surface area contributed by atoms with Crippen molar-refractivity contribution in [3.63, 3.8) is 0 Å². The molecular weight excluding hydrogens is 312 g/mol. The van der Waals surface area contributed by atoms with Crippen molar-refractivity contribution in [2.45, 2.75) is 25.3 Å². The maximum atomic E-state index is 4.28. The molecule has 0 aliphatic heterocycles. The van der Waals surface area contributed by atoms with Crippen molar-refractivity contribution in [2.75, 3.05) is 7.05 Å². The van der Waals surface area contributed by atoms with Gasteiger partial charge in [0.05, 0.1) is 0 Å². The molecule has 20 heavy (non-hydrogen) atoms. The molecule has 0 saturated carbocycles. The molecule has 1 heterocycles. The summed E-state index contributed by atoms with van der Waals surface area (Å²) in [5.41, 5.74) is 4.27. The standard InChI is InChI=1S/C17H19BrN2/c1-19-17-14(8-12-9-15(18)11-20-10-12)7-6-13-4-2-3-5-16(13)17/h2-5,9-11,14,17,19H,6-8H2,1H3. The Morgan fingerprint density at radius 2 is 2.15 bits per heavy atom. The molecule has 104 valence electrons. The fourth-order valence-electron chi connectivity index (χ4n) is 3.31. The van der Waals surface area contributed by atoms with E-state index in [-0.39, 0.29) is 0 Å². The fourth-order valence-corrected chi connectivity index (χ4v) is 3.72. The Kier molecular flexibility index (Phi) is 4.18. The molecule has 0 amide bonds. The van der Waals surface area contributed by atoms with Crippen LogP contribution in [-0.2, 0) is 12.8 Å². The number of pyridine rings is 1. The summed E-state index contributed by atoms with van der Waals surface area (Å²) in [4.78, 5) is 4.28. The molecular formula is C17H19BrN2. The van der Waals surface area contributed by atoms with Crippen LogP contribution < -0.4 is 5.32 Å². The van der Waals surface area contributed by atoms with E-state index in [1.165, 1.54) is 29.5 Å². The molecule has 2 aromatic rings. The van der Waals surface area contributed by atoms with Crippen LogP contribution in [0, 0.1) is 5.92 Å². The van der Waals surface area contributed by atoms with Crippen LogP contribution in [0.15, 0.2) is 47.2 Å². The highest BCUT2D eigenvalue weighted by molar-refractivity contribution is 9.10. The van der Waals surface area contributed by atoms with Gasteiger partial charge in [0.15, 0.2) is 0 Å². The summed E-state index contributed by atoms with van der Waals surface area (Å²) in [6.45, 7) is 0. The van der Waals surface area contributed by atoms with Gasteiger partial charge in [0.1, 0.15) is 0 Å². The van der Waals surface area contributed by atoms with Crippen molar-refractivity contribution >= 4 is 15.9 Å². The van der Waals surface area contributed by atoms with Crippen LogP contribution >= 0.6 is 15.9 Å². The van der Waals surface area contributed by atoms with Gasteiger partial charge in [-0.05, 0) is 70.9 Å². The first-order valence-electron chi connectivity index (χ1n) is 7.12. The van der Waals surface area contributed by atoms with Gasteiger partial charge in [0, 0.05) is 22.9 Å². The Balaban J connectivity index is 1.84. The molecule has 0 bridgehead atoms. The number of aromatic nitrogens is 1. The number of aryl methyl sites for hydroxylation is 1. The van der Waals surface area contributed by atoms with E-state index in [9.17, 15) is 0 Å². The molecule has 1 aromatic heterocycles. The minimum atomic E-state index is 0.443. The molecule has 2 nitrogen and oxygen atoms in total. The van der Waals surface area contributed by atoms with Gasteiger partial charge < -0.3 is 5.32 Å². The van der Waals surface area contributed by atoms with Crippen LogP contribution in [0.3, 0.4) is 0 Å². The minimum Gasteiger partial charge on any atom is -0.313 e. The number of hydrogen-bond acceptors (Lipinski definition) is 2. The van der Waals surface area contributed by atoms with Crippen LogP contribution in [0.2, 0.25) is 0 Å². The second kappa shape index (κ2) is 6.06. The van der Waals surface area contributed by atoms with Crippen LogP contribution in [0.25, 0.3) is 0 Å². The largest absolute Gasteiger partial charge is 0.313 e. The molecule has 2 unspecified atom stereocenters. The van der Waals surface area contributed by atoms with Crippen molar-refractivity contribution in [2.24, 2.45) is 5.92 Å². The average molecular weight is 331 g/mol.